The molecular weight excluding hydrogens is 204 g/mol. The molecule has 1 fully saturated rings. The fourth-order valence-corrected chi connectivity index (χ4v) is 2.49. The van der Waals surface area contributed by atoms with Crippen molar-refractivity contribution < 1.29 is 9.53 Å². The molecule has 0 amide bonds. The van der Waals surface area contributed by atoms with Crippen LogP contribution in [0.1, 0.15) is 26.2 Å². The summed E-state index contributed by atoms with van der Waals surface area (Å²) in [5, 5.41) is 0. The first-order valence-corrected chi connectivity index (χ1v) is 6.02. The van der Waals surface area contributed by atoms with Crippen LogP contribution in [0.4, 0.5) is 0 Å². The first kappa shape index (κ1) is 13.5. The van der Waals surface area contributed by atoms with Gasteiger partial charge in [-0.25, -0.2) is 0 Å². The molecule has 0 N–H and O–H groups in total. The number of carbonyl (C=O) groups excluding carboxylic acids is 1. The van der Waals surface area contributed by atoms with E-state index < -0.39 is 0 Å². The summed E-state index contributed by atoms with van der Waals surface area (Å²) in [5.41, 5.74) is -0.0424. The average Bonchev–Trinajstić information content (AvgIpc) is 2.17. The lowest BCUT2D eigenvalue weighted by atomic mass is 9.85. The standard InChI is InChI=1S/C12H24N2O2/c1-5-16-11(15)9-12(13(2)3)7-6-8-14(4)10-12/h5-10H2,1-4H3. The Morgan fingerprint density at radius 1 is 1.50 bits per heavy atom. The fourth-order valence-electron chi connectivity index (χ4n) is 2.49. The van der Waals surface area contributed by atoms with Crippen molar-refractivity contribution in [1.29, 1.82) is 0 Å². The molecule has 1 saturated heterocycles. The van der Waals surface area contributed by atoms with Gasteiger partial charge in [-0.2, -0.15) is 0 Å². The van der Waals surface area contributed by atoms with E-state index in [0.717, 1.165) is 25.9 Å². The van der Waals surface area contributed by atoms with Gasteiger partial charge in [0.05, 0.1) is 13.0 Å². The summed E-state index contributed by atoms with van der Waals surface area (Å²) in [6.45, 7) is 4.39. The van der Waals surface area contributed by atoms with Gasteiger partial charge in [0.25, 0.3) is 0 Å². The molecule has 4 nitrogen and oxygen atoms in total. The van der Waals surface area contributed by atoms with Crippen molar-refractivity contribution in [2.24, 2.45) is 0 Å². The van der Waals surface area contributed by atoms with E-state index in [2.05, 4.69) is 30.9 Å². The maximum atomic E-state index is 11.7. The average molecular weight is 228 g/mol. The summed E-state index contributed by atoms with van der Waals surface area (Å²) in [6.07, 6.45) is 2.72. The Kier molecular flexibility index (Phi) is 4.74. The van der Waals surface area contributed by atoms with Gasteiger partial charge in [-0.05, 0) is 47.5 Å². The largest absolute Gasteiger partial charge is 0.466 e. The van der Waals surface area contributed by atoms with E-state index in [1.54, 1.807) is 0 Å². The third kappa shape index (κ3) is 3.19. The van der Waals surface area contributed by atoms with E-state index in [1.807, 2.05) is 6.92 Å². The second kappa shape index (κ2) is 5.64. The second-order valence-electron chi connectivity index (χ2n) is 4.94. The van der Waals surface area contributed by atoms with E-state index >= 15 is 0 Å². The van der Waals surface area contributed by atoms with Gasteiger partial charge < -0.3 is 14.5 Å². The van der Waals surface area contributed by atoms with Gasteiger partial charge in [0.15, 0.2) is 0 Å². The van der Waals surface area contributed by atoms with Gasteiger partial charge >= 0.3 is 5.97 Å². The third-order valence-electron chi connectivity index (χ3n) is 3.47. The molecule has 1 atom stereocenters. The molecule has 0 spiro atoms. The highest BCUT2D eigenvalue weighted by Gasteiger charge is 2.38. The SMILES string of the molecule is CCOC(=O)CC1(N(C)C)CCCN(C)C1. The molecule has 0 radical (unpaired) electrons. The Hall–Kier alpha value is -0.610. The summed E-state index contributed by atoms with van der Waals surface area (Å²) in [7, 11) is 6.22. The van der Waals surface area contributed by atoms with Crippen molar-refractivity contribution in [2.45, 2.75) is 31.7 Å². The van der Waals surface area contributed by atoms with Crippen LogP contribution in [0.15, 0.2) is 0 Å². The molecule has 16 heavy (non-hydrogen) atoms. The van der Waals surface area contributed by atoms with Gasteiger partial charge in [-0.15, -0.1) is 0 Å². The minimum Gasteiger partial charge on any atom is -0.466 e. The lowest BCUT2D eigenvalue weighted by Gasteiger charge is -2.45. The summed E-state index contributed by atoms with van der Waals surface area (Å²) < 4.78 is 5.07. The molecule has 0 aromatic heterocycles. The molecule has 0 aromatic rings. The van der Waals surface area contributed by atoms with Gasteiger partial charge in [-0.1, -0.05) is 0 Å². The summed E-state index contributed by atoms with van der Waals surface area (Å²) in [4.78, 5) is 16.1. The first-order chi connectivity index (χ1) is 7.50. The minimum atomic E-state index is -0.0773. The second-order valence-corrected chi connectivity index (χ2v) is 4.94. The maximum Gasteiger partial charge on any atom is 0.307 e. The number of hydrogen-bond donors (Lipinski definition) is 0. The van der Waals surface area contributed by atoms with Crippen molar-refractivity contribution in [3.05, 3.63) is 0 Å². The summed E-state index contributed by atoms with van der Waals surface area (Å²) in [5.74, 6) is -0.0773. The third-order valence-corrected chi connectivity index (χ3v) is 3.47. The number of ether oxygens (including phenoxy) is 1. The lowest BCUT2D eigenvalue weighted by Crippen LogP contribution is -2.56. The van der Waals surface area contributed by atoms with Crippen molar-refractivity contribution >= 4 is 5.97 Å². The number of rotatable bonds is 4. The smallest absolute Gasteiger partial charge is 0.307 e. The summed E-state index contributed by atoms with van der Waals surface area (Å²) in [6, 6.07) is 0. The highest BCUT2D eigenvalue weighted by Crippen LogP contribution is 2.28. The predicted molar refractivity (Wildman–Crippen MR) is 64.4 cm³/mol. The Bertz CT molecular complexity index is 243. The zero-order valence-electron chi connectivity index (χ0n) is 11.0. The van der Waals surface area contributed by atoms with E-state index in [9.17, 15) is 4.79 Å². The van der Waals surface area contributed by atoms with E-state index in [4.69, 9.17) is 4.74 Å². The Morgan fingerprint density at radius 3 is 2.69 bits per heavy atom. The van der Waals surface area contributed by atoms with Gasteiger partial charge in [0.2, 0.25) is 0 Å². The zero-order valence-corrected chi connectivity index (χ0v) is 11.0. The van der Waals surface area contributed by atoms with Crippen LogP contribution in [0.2, 0.25) is 0 Å². The molecule has 0 bridgehead atoms. The van der Waals surface area contributed by atoms with Crippen molar-refractivity contribution in [3.8, 4) is 0 Å². The number of esters is 1. The molecule has 1 rings (SSSR count). The van der Waals surface area contributed by atoms with Crippen LogP contribution in [0, 0.1) is 0 Å². The molecule has 0 aromatic carbocycles. The molecule has 1 heterocycles. The van der Waals surface area contributed by atoms with Gasteiger partial charge in [0.1, 0.15) is 0 Å². The van der Waals surface area contributed by atoms with E-state index in [-0.39, 0.29) is 11.5 Å². The van der Waals surface area contributed by atoms with Gasteiger partial charge in [0, 0.05) is 12.1 Å². The number of hydrogen-bond acceptors (Lipinski definition) is 4. The van der Waals surface area contributed by atoms with Crippen LogP contribution in [0.3, 0.4) is 0 Å². The van der Waals surface area contributed by atoms with E-state index in [0.29, 0.717) is 13.0 Å². The number of likely N-dealkylation sites (N-methyl/N-ethyl adjacent to an activating group) is 2. The van der Waals surface area contributed by atoms with Crippen LogP contribution >= 0.6 is 0 Å². The van der Waals surface area contributed by atoms with Gasteiger partial charge in [-0.3, -0.25) is 4.79 Å². The number of nitrogens with zero attached hydrogens (tertiary/aromatic N) is 2. The Balaban J connectivity index is 2.68. The first-order valence-electron chi connectivity index (χ1n) is 6.02. The molecule has 94 valence electrons. The molecule has 0 aliphatic carbocycles. The Labute approximate surface area is 98.5 Å². The quantitative estimate of drug-likeness (QED) is 0.671. The highest BCUT2D eigenvalue weighted by molar-refractivity contribution is 5.71. The highest BCUT2D eigenvalue weighted by atomic mass is 16.5. The topological polar surface area (TPSA) is 32.8 Å². The van der Waals surface area contributed by atoms with Crippen molar-refractivity contribution in [3.63, 3.8) is 0 Å². The molecule has 1 aliphatic heterocycles. The monoisotopic (exact) mass is 228 g/mol. The number of piperidine rings is 1. The molecule has 4 heteroatoms. The van der Waals surface area contributed by atoms with Crippen LogP contribution in [0.5, 0.6) is 0 Å². The van der Waals surface area contributed by atoms with Crippen molar-refractivity contribution in [1.82, 2.24) is 9.80 Å². The van der Waals surface area contributed by atoms with E-state index in [1.165, 1.54) is 0 Å². The minimum absolute atomic E-state index is 0.0424. The fraction of sp³-hybridized carbons (Fsp3) is 0.917. The molecule has 1 unspecified atom stereocenters. The lowest BCUT2D eigenvalue weighted by molar-refractivity contribution is -0.147. The molecule has 1 aliphatic rings. The zero-order chi connectivity index (χ0) is 12.2. The van der Waals surface area contributed by atoms with Crippen LogP contribution in [0.25, 0.3) is 0 Å². The predicted octanol–water partition coefficient (Wildman–Crippen LogP) is 0.966. The van der Waals surface area contributed by atoms with Crippen LogP contribution in [-0.2, 0) is 9.53 Å². The molecular formula is C12H24N2O2. The Morgan fingerprint density at radius 2 is 2.19 bits per heavy atom. The van der Waals surface area contributed by atoms with Crippen LogP contribution < -0.4 is 0 Å². The van der Waals surface area contributed by atoms with Crippen LogP contribution in [-0.4, -0.2) is 62.1 Å². The van der Waals surface area contributed by atoms with Crippen molar-refractivity contribution in [2.75, 3.05) is 40.8 Å². The summed E-state index contributed by atoms with van der Waals surface area (Å²) >= 11 is 0. The normalized spacial score (nSPS) is 27.1. The molecule has 0 saturated carbocycles. The number of carbonyl (C=O) groups is 1. The number of likely N-dealkylation sites (tertiary alicyclic amines) is 1. The maximum absolute atomic E-state index is 11.7.